The molecule has 0 heterocycles. The third-order valence-electron chi connectivity index (χ3n) is 3.32. The maximum atomic E-state index is 12.8. The van der Waals surface area contributed by atoms with Gasteiger partial charge in [0.05, 0.1) is 5.25 Å². The molecule has 21 heavy (non-hydrogen) atoms. The SMILES string of the molecule is C[Si](C)(C)C(=O)C(Cc1ccccc1)Sc1ccccc1. The minimum absolute atomic E-state index is 0.0152. The van der Waals surface area contributed by atoms with E-state index in [-0.39, 0.29) is 5.25 Å². The molecule has 0 aliphatic heterocycles. The minimum Gasteiger partial charge on any atom is -0.304 e. The van der Waals surface area contributed by atoms with Gasteiger partial charge in [0.2, 0.25) is 0 Å². The Labute approximate surface area is 132 Å². The van der Waals surface area contributed by atoms with Gasteiger partial charge in [0.25, 0.3) is 0 Å². The highest BCUT2D eigenvalue weighted by molar-refractivity contribution is 8.01. The largest absolute Gasteiger partial charge is 0.304 e. The van der Waals surface area contributed by atoms with E-state index in [1.54, 1.807) is 11.8 Å². The van der Waals surface area contributed by atoms with Crippen LogP contribution in [0.1, 0.15) is 5.56 Å². The first-order chi connectivity index (χ1) is 9.97. The average Bonchev–Trinajstić information content (AvgIpc) is 2.47. The van der Waals surface area contributed by atoms with Gasteiger partial charge in [-0.15, -0.1) is 11.8 Å². The molecule has 2 aromatic rings. The van der Waals surface area contributed by atoms with E-state index < -0.39 is 8.07 Å². The topological polar surface area (TPSA) is 17.1 Å². The Morgan fingerprint density at radius 1 is 0.952 bits per heavy atom. The van der Waals surface area contributed by atoms with Gasteiger partial charge in [0, 0.05) is 4.90 Å². The molecule has 2 aromatic carbocycles. The molecular formula is C18H22OSSi. The van der Waals surface area contributed by atoms with E-state index in [1.165, 1.54) is 10.5 Å². The minimum atomic E-state index is -1.79. The van der Waals surface area contributed by atoms with Crippen LogP contribution in [-0.4, -0.2) is 18.7 Å². The van der Waals surface area contributed by atoms with Crippen molar-refractivity contribution in [1.29, 1.82) is 0 Å². The Morgan fingerprint density at radius 2 is 1.48 bits per heavy atom. The van der Waals surface area contributed by atoms with Gasteiger partial charge < -0.3 is 4.79 Å². The van der Waals surface area contributed by atoms with Gasteiger partial charge in [-0.1, -0.05) is 68.2 Å². The number of hydrogen-bond acceptors (Lipinski definition) is 2. The lowest BCUT2D eigenvalue weighted by molar-refractivity contribution is -0.112. The summed E-state index contributed by atoms with van der Waals surface area (Å²) >= 11 is 1.70. The van der Waals surface area contributed by atoms with Crippen LogP contribution >= 0.6 is 11.8 Å². The van der Waals surface area contributed by atoms with Crippen molar-refractivity contribution in [3.63, 3.8) is 0 Å². The van der Waals surface area contributed by atoms with E-state index in [4.69, 9.17) is 0 Å². The van der Waals surface area contributed by atoms with Crippen molar-refractivity contribution in [3.05, 3.63) is 66.2 Å². The molecule has 3 heteroatoms. The molecule has 0 spiro atoms. The van der Waals surface area contributed by atoms with Crippen LogP contribution in [0.4, 0.5) is 0 Å². The second-order valence-corrected chi connectivity index (χ2v) is 12.5. The van der Waals surface area contributed by atoms with Crippen molar-refractivity contribution in [1.82, 2.24) is 0 Å². The van der Waals surface area contributed by atoms with Gasteiger partial charge in [0.1, 0.15) is 13.5 Å². The first-order valence-electron chi connectivity index (χ1n) is 7.27. The summed E-state index contributed by atoms with van der Waals surface area (Å²) in [5.41, 5.74) is 1.23. The fraction of sp³-hybridized carbons (Fsp3) is 0.278. The first kappa shape index (κ1) is 16.1. The lowest BCUT2D eigenvalue weighted by Gasteiger charge is -2.23. The van der Waals surface area contributed by atoms with E-state index in [9.17, 15) is 4.79 Å². The third kappa shape index (κ3) is 4.86. The van der Waals surface area contributed by atoms with Crippen LogP contribution in [0.3, 0.4) is 0 Å². The normalized spacial score (nSPS) is 12.9. The zero-order chi connectivity index (χ0) is 15.3. The second kappa shape index (κ2) is 7.10. The predicted molar refractivity (Wildman–Crippen MR) is 94.6 cm³/mol. The molecule has 1 nitrogen and oxygen atoms in total. The van der Waals surface area contributed by atoms with Crippen molar-refractivity contribution in [2.75, 3.05) is 0 Å². The fourth-order valence-corrected chi connectivity index (χ4v) is 5.49. The summed E-state index contributed by atoms with van der Waals surface area (Å²) in [5.74, 6) is 0. The van der Waals surface area contributed by atoms with Crippen LogP contribution in [0, 0.1) is 0 Å². The highest BCUT2D eigenvalue weighted by Gasteiger charge is 2.32. The molecule has 2 rings (SSSR count). The number of benzene rings is 2. The summed E-state index contributed by atoms with van der Waals surface area (Å²) in [4.78, 5) is 14.0. The molecule has 1 unspecified atom stereocenters. The smallest absolute Gasteiger partial charge is 0.125 e. The summed E-state index contributed by atoms with van der Waals surface area (Å²) in [7, 11) is -1.79. The van der Waals surface area contributed by atoms with E-state index >= 15 is 0 Å². The molecular weight excluding hydrogens is 292 g/mol. The number of thioether (sulfide) groups is 1. The maximum absolute atomic E-state index is 12.8. The highest BCUT2D eigenvalue weighted by atomic mass is 32.2. The highest BCUT2D eigenvalue weighted by Crippen LogP contribution is 2.28. The molecule has 0 fully saturated rings. The number of carbonyl (C=O) groups excluding carboxylic acids is 1. The van der Waals surface area contributed by atoms with Gasteiger partial charge in [-0.3, -0.25) is 0 Å². The van der Waals surface area contributed by atoms with Gasteiger partial charge in [-0.05, 0) is 24.1 Å². The number of rotatable bonds is 6. The summed E-state index contributed by atoms with van der Waals surface area (Å²) in [6.07, 6.45) is 0.809. The van der Waals surface area contributed by atoms with Crippen molar-refractivity contribution >= 4 is 25.2 Å². The quantitative estimate of drug-likeness (QED) is 0.561. The number of hydrogen-bond donors (Lipinski definition) is 0. The Hall–Kier alpha value is -1.32. The Balaban J connectivity index is 2.20. The molecule has 0 aromatic heterocycles. The molecule has 0 bridgehead atoms. The molecule has 0 N–H and O–H groups in total. The van der Waals surface area contributed by atoms with Crippen LogP contribution in [0.5, 0.6) is 0 Å². The summed E-state index contributed by atoms with van der Waals surface area (Å²) in [5, 5.41) is 0.460. The standard InChI is InChI=1S/C18H22OSSi/c1-21(2,3)18(19)17(14-15-10-6-4-7-11-15)20-16-12-8-5-9-13-16/h4-13,17H,14H2,1-3H3. The van der Waals surface area contributed by atoms with Crippen molar-refractivity contribution in [2.45, 2.75) is 36.2 Å². The second-order valence-electron chi connectivity index (χ2n) is 6.22. The van der Waals surface area contributed by atoms with Crippen LogP contribution in [0.15, 0.2) is 65.6 Å². The van der Waals surface area contributed by atoms with Gasteiger partial charge in [-0.2, -0.15) is 0 Å². The van der Waals surface area contributed by atoms with E-state index in [0.29, 0.717) is 5.41 Å². The van der Waals surface area contributed by atoms with Crippen molar-refractivity contribution in [2.24, 2.45) is 0 Å². The molecule has 0 amide bonds. The van der Waals surface area contributed by atoms with Gasteiger partial charge in [0.15, 0.2) is 0 Å². The van der Waals surface area contributed by atoms with Crippen LogP contribution in [-0.2, 0) is 11.2 Å². The molecule has 0 radical (unpaired) electrons. The average molecular weight is 315 g/mol. The Kier molecular flexibility index (Phi) is 5.43. The van der Waals surface area contributed by atoms with Crippen LogP contribution in [0.2, 0.25) is 19.6 Å². The van der Waals surface area contributed by atoms with Crippen LogP contribution in [0.25, 0.3) is 0 Å². The van der Waals surface area contributed by atoms with E-state index in [1.807, 2.05) is 36.4 Å². The predicted octanol–water partition coefficient (Wildman–Crippen LogP) is 4.84. The van der Waals surface area contributed by atoms with Crippen molar-refractivity contribution < 1.29 is 4.79 Å². The molecule has 110 valence electrons. The van der Waals surface area contributed by atoms with Gasteiger partial charge >= 0.3 is 0 Å². The lowest BCUT2D eigenvalue weighted by Crippen LogP contribution is -2.41. The Morgan fingerprint density at radius 3 is 2.00 bits per heavy atom. The monoisotopic (exact) mass is 314 g/mol. The first-order valence-corrected chi connectivity index (χ1v) is 11.6. The molecule has 0 aliphatic rings. The van der Waals surface area contributed by atoms with E-state index in [0.717, 1.165) is 6.42 Å². The molecule has 0 saturated heterocycles. The Bertz CT molecular complexity index is 534. The van der Waals surface area contributed by atoms with Gasteiger partial charge in [-0.25, -0.2) is 0 Å². The molecule has 0 aliphatic carbocycles. The van der Waals surface area contributed by atoms with Crippen molar-refractivity contribution in [3.8, 4) is 0 Å². The summed E-state index contributed by atoms with van der Waals surface area (Å²) in [6, 6.07) is 20.5. The zero-order valence-corrected chi connectivity index (χ0v) is 14.7. The zero-order valence-electron chi connectivity index (χ0n) is 12.9. The van der Waals surface area contributed by atoms with Crippen LogP contribution < -0.4 is 0 Å². The summed E-state index contributed by atoms with van der Waals surface area (Å²) < 4.78 is 0. The summed E-state index contributed by atoms with van der Waals surface area (Å²) in [6.45, 7) is 6.41. The molecule has 0 saturated carbocycles. The lowest BCUT2D eigenvalue weighted by atomic mass is 10.1. The maximum Gasteiger partial charge on any atom is 0.125 e. The third-order valence-corrected chi connectivity index (χ3v) is 6.56. The number of carbonyl (C=O) groups is 1. The fourth-order valence-electron chi connectivity index (χ4n) is 2.16. The van der Waals surface area contributed by atoms with E-state index in [2.05, 4.69) is 43.9 Å². The molecule has 1 atom stereocenters.